The van der Waals surface area contributed by atoms with E-state index < -0.39 is 0 Å². The van der Waals surface area contributed by atoms with Crippen molar-refractivity contribution in [3.05, 3.63) is 66.7 Å². The quantitative estimate of drug-likeness (QED) is 0.642. The minimum Gasteiger partial charge on any atom is -0.439 e. The topological polar surface area (TPSA) is 66.4 Å². The lowest BCUT2D eigenvalue weighted by Crippen LogP contribution is -2.49. The smallest absolute Gasteiger partial charge is 0.226 e. The van der Waals surface area contributed by atoms with Gasteiger partial charge in [0.1, 0.15) is 17.4 Å². The van der Waals surface area contributed by atoms with Gasteiger partial charge in [-0.1, -0.05) is 6.07 Å². The summed E-state index contributed by atoms with van der Waals surface area (Å²) in [6, 6.07) is 13.7. The van der Waals surface area contributed by atoms with E-state index in [-0.39, 0.29) is 11.9 Å². The minimum absolute atomic E-state index is 0.174. The van der Waals surface area contributed by atoms with Crippen LogP contribution in [0, 0.1) is 5.82 Å². The van der Waals surface area contributed by atoms with Gasteiger partial charge in [0.05, 0.1) is 0 Å². The first-order valence-electron chi connectivity index (χ1n) is 10.1. The average molecular weight is 408 g/mol. The molecular weight excluding hydrogens is 383 g/mol. The van der Waals surface area contributed by atoms with Gasteiger partial charge < -0.3 is 15.0 Å². The van der Waals surface area contributed by atoms with Gasteiger partial charge in [-0.3, -0.25) is 4.90 Å². The van der Waals surface area contributed by atoms with Crippen LogP contribution in [0.1, 0.15) is 6.92 Å². The summed E-state index contributed by atoms with van der Waals surface area (Å²) in [5.41, 5.74) is 0. The van der Waals surface area contributed by atoms with Crippen LogP contribution in [0.25, 0.3) is 0 Å². The SMILES string of the molecule is CC(CN1CCN(c2ccccn2)CC1)Nc1nccc(Oc2ccc(F)cc2)n1. The number of rotatable bonds is 7. The molecular formula is C22H25FN6O. The molecule has 8 heteroatoms. The molecule has 0 spiro atoms. The van der Waals surface area contributed by atoms with Crippen molar-refractivity contribution in [2.24, 2.45) is 0 Å². The fourth-order valence-electron chi connectivity index (χ4n) is 3.45. The van der Waals surface area contributed by atoms with E-state index in [9.17, 15) is 4.39 Å². The van der Waals surface area contributed by atoms with E-state index in [0.717, 1.165) is 38.5 Å². The molecule has 1 aliphatic rings. The second-order valence-electron chi connectivity index (χ2n) is 7.30. The normalized spacial score (nSPS) is 15.6. The van der Waals surface area contributed by atoms with Crippen LogP contribution in [-0.2, 0) is 0 Å². The predicted molar refractivity (Wildman–Crippen MR) is 114 cm³/mol. The maximum atomic E-state index is 13.0. The van der Waals surface area contributed by atoms with E-state index in [1.165, 1.54) is 12.1 Å². The Bertz CT molecular complexity index is 932. The second-order valence-corrected chi connectivity index (χ2v) is 7.30. The standard InChI is InChI=1S/C22H25FN6O/c1-17(16-28-12-14-29(15-13-28)20-4-2-3-10-24-20)26-22-25-11-9-21(27-22)30-19-7-5-18(23)6-8-19/h2-11,17H,12-16H2,1H3,(H,25,26,27). The Balaban J connectivity index is 1.27. The monoisotopic (exact) mass is 408 g/mol. The Morgan fingerprint density at radius 2 is 1.80 bits per heavy atom. The van der Waals surface area contributed by atoms with Crippen molar-refractivity contribution in [2.45, 2.75) is 13.0 Å². The maximum absolute atomic E-state index is 13.0. The Hall–Kier alpha value is -3.26. The first-order chi connectivity index (χ1) is 14.7. The second kappa shape index (κ2) is 9.49. The Morgan fingerprint density at radius 3 is 2.53 bits per heavy atom. The van der Waals surface area contributed by atoms with Gasteiger partial charge in [0.25, 0.3) is 0 Å². The summed E-state index contributed by atoms with van der Waals surface area (Å²) < 4.78 is 18.7. The molecule has 3 aromatic rings. The van der Waals surface area contributed by atoms with Crippen LogP contribution in [0.4, 0.5) is 16.2 Å². The number of ether oxygens (including phenoxy) is 1. The molecule has 0 amide bonds. The van der Waals surface area contributed by atoms with E-state index in [0.29, 0.717) is 17.6 Å². The number of benzene rings is 1. The van der Waals surface area contributed by atoms with Crippen molar-refractivity contribution in [1.29, 1.82) is 0 Å². The number of nitrogens with zero attached hydrogens (tertiary/aromatic N) is 5. The number of pyridine rings is 1. The molecule has 0 bridgehead atoms. The lowest BCUT2D eigenvalue weighted by atomic mass is 10.2. The van der Waals surface area contributed by atoms with Gasteiger partial charge in [-0.25, -0.2) is 14.4 Å². The molecule has 4 rings (SSSR count). The van der Waals surface area contributed by atoms with Crippen molar-refractivity contribution in [2.75, 3.05) is 42.9 Å². The molecule has 1 unspecified atom stereocenters. The van der Waals surface area contributed by atoms with Crippen molar-refractivity contribution in [3.8, 4) is 11.6 Å². The molecule has 3 heterocycles. The third-order valence-corrected chi connectivity index (χ3v) is 4.92. The van der Waals surface area contributed by atoms with Gasteiger partial charge in [0, 0.05) is 57.2 Å². The Kier molecular flexibility index (Phi) is 6.34. The predicted octanol–water partition coefficient (Wildman–Crippen LogP) is 3.43. The summed E-state index contributed by atoms with van der Waals surface area (Å²) in [6.07, 6.45) is 3.48. The first kappa shape index (κ1) is 20.0. The number of hydrogen-bond acceptors (Lipinski definition) is 7. The third kappa shape index (κ3) is 5.42. The zero-order valence-corrected chi connectivity index (χ0v) is 16.9. The van der Waals surface area contributed by atoms with E-state index in [1.807, 2.05) is 18.3 Å². The van der Waals surface area contributed by atoms with Crippen molar-refractivity contribution >= 4 is 11.8 Å². The Morgan fingerprint density at radius 1 is 1.00 bits per heavy atom. The largest absolute Gasteiger partial charge is 0.439 e. The number of anilines is 2. The minimum atomic E-state index is -0.304. The molecule has 156 valence electrons. The summed E-state index contributed by atoms with van der Waals surface area (Å²) in [6.45, 7) is 6.89. The highest BCUT2D eigenvalue weighted by Gasteiger charge is 2.19. The third-order valence-electron chi connectivity index (χ3n) is 4.92. The molecule has 0 saturated carbocycles. The van der Waals surface area contributed by atoms with Crippen LogP contribution in [0.3, 0.4) is 0 Å². The summed E-state index contributed by atoms with van der Waals surface area (Å²) in [5.74, 6) is 2.18. The van der Waals surface area contributed by atoms with Gasteiger partial charge in [-0.2, -0.15) is 4.98 Å². The zero-order chi connectivity index (χ0) is 20.8. The molecule has 1 aromatic carbocycles. The van der Waals surface area contributed by atoms with Gasteiger partial charge in [0.15, 0.2) is 0 Å². The summed E-state index contributed by atoms with van der Waals surface area (Å²) in [5, 5.41) is 3.34. The van der Waals surface area contributed by atoms with E-state index in [4.69, 9.17) is 4.74 Å². The van der Waals surface area contributed by atoms with Gasteiger partial charge >= 0.3 is 0 Å². The van der Waals surface area contributed by atoms with Crippen LogP contribution in [0.15, 0.2) is 60.9 Å². The molecule has 7 nitrogen and oxygen atoms in total. The highest BCUT2D eigenvalue weighted by Crippen LogP contribution is 2.20. The lowest BCUT2D eigenvalue weighted by molar-refractivity contribution is 0.250. The van der Waals surface area contributed by atoms with Crippen LogP contribution >= 0.6 is 0 Å². The highest BCUT2D eigenvalue weighted by molar-refractivity contribution is 5.38. The highest BCUT2D eigenvalue weighted by atomic mass is 19.1. The number of hydrogen-bond donors (Lipinski definition) is 1. The summed E-state index contributed by atoms with van der Waals surface area (Å²) >= 11 is 0. The van der Waals surface area contributed by atoms with Crippen molar-refractivity contribution in [3.63, 3.8) is 0 Å². The summed E-state index contributed by atoms with van der Waals surface area (Å²) in [4.78, 5) is 17.9. The van der Waals surface area contributed by atoms with E-state index >= 15 is 0 Å². The van der Waals surface area contributed by atoms with Crippen LogP contribution in [0.2, 0.25) is 0 Å². The molecule has 0 aliphatic carbocycles. The molecule has 0 radical (unpaired) electrons. The van der Waals surface area contributed by atoms with Crippen molar-refractivity contribution < 1.29 is 9.13 Å². The van der Waals surface area contributed by atoms with E-state index in [2.05, 4.69) is 43.1 Å². The van der Waals surface area contributed by atoms with Crippen LogP contribution < -0.4 is 15.0 Å². The molecule has 1 N–H and O–H groups in total. The zero-order valence-electron chi connectivity index (χ0n) is 16.9. The van der Waals surface area contributed by atoms with Crippen LogP contribution in [-0.4, -0.2) is 58.6 Å². The Labute approximate surface area is 175 Å². The molecule has 1 atom stereocenters. The summed E-state index contributed by atoms with van der Waals surface area (Å²) in [7, 11) is 0. The average Bonchev–Trinajstić information content (AvgIpc) is 2.77. The number of halogens is 1. The molecule has 2 aromatic heterocycles. The molecule has 1 fully saturated rings. The first-order valence-corrected chi connectivity index (χ1v) is 10.1. The fourth-order valence-corrected chi connectivity index (χ4v) is 3.45. The number of piperazine rings is 1. The molecule has 30 heavy (non-hydrogen) atoms. The lowest BCUT2D eigenvalue weighted by Gasteiger charge is -2.36. The van der Waals surface area contributed by atoms with Crippen molar-refractivity contribution in [1.82, 2.24) is 19.9 Å². The van der Waals surface area contributed by atoms with E-state index in [1.54, 1.807) is 24.4 Å². The van der Waals surface area contributed by atoms with Crippen LogP contribution in [0.5, 0.6) is 11.6 Å². The van der Waals surface area contributed by atoms with Gasteiger partial charge in [0.2, 0.25) is 11.8 Å². The van der Waals surface area contributed by atoms with Gasteiger partial charge in [-0.05, 0) is 43.3 Å². The fraction of sp³-hybridized carbons (Fsp3) is 0.318. The molecule has 1 aliphatic heterocycles. The van der Waals surface area contributed by atoms with Gasteiger partial charge in [-0.15, -0.1) is 0 Å². The maximum Gasteiger partial charge on any atom is 0.226 e. The number of nitrogens with one attached hydrogen (secondary N) is 1. The molecule has 1 saturated heterocycles. The number of aromatic nitrogens is 3.